The highest BCUT2D eigenvalue weighted by Gasteiger charge is 2.33. The highest BCUT2D eigenvalue weighted by molar-refractivity contribution is 5.88. The first-order valence-electron chi connectivity index (χ1n) is 10.9. The molecule has 0 amide bonds. The minimum atomic E-state index is -4.74. The number of fused-ring (bicyclic) bond motifs is 1. The van der Waals surface area contributed by atoms with Crippen LogP contribution in [0.15, 0.2) is 72.8 Å². The van der Waals surface area contributed by atoms with Gasteiger partial charge in [-0.1, -0.05) is 54.6 Å². The van der Waals surface area contributed by atoms with Crippen LogP contribution in [0.3, 0.4) is 0 Å². The molecule has 0 saturated heterocycles. The summed E-state index contributed by atoms with van der Waals surface area (Å²) in [5.74, 6) is -1.69. The molecule has 4 aromatic carbocycles. The third kappa shape index (κ3) is 5.28. The van der Waals surface area contributed by atoms with Crippen molar-refractivity contribution in [2.45, 2.75) is 25.4 Å². The number of hydrogen-bond acceptors (Lipinski definition) is 1. The minimum Gasteiger partial charge on any atom is -0.384 e. The molecule has 0 bridgehead atoms. The van der Waals surface area contributed by atoms with E-state index in [1.54, 1.807) is 19.2 Å². The van der Waals surface area contributed by atoms with Crippen LogP contribution in [0.25, 0.3) is 21.9 Å². The third-order valence-electron chi connectivity index (χ3n) is 5.94. The van der Waals surface area contributed by atoms with Gasteiger partial charge >= 0.3 is 6.18 Å². The van der Waals surface area contributed by atoms with Gasteiger partial charge in [0.1, 0.15) is 11.6 Å². The van der Waals surface area contributed by atoms with Crippen LogP contribution >= 0.6 is 0 Å². The molecule has 0 unspecified atom stereocenters. The third-order valence-corrected chi connectivity index (χ3v) is 5.94. The van der Waals surface area contributed by atoms with E-state index >= 15 is 4.39 Å². The van der Waals surface area contributed by atoms with E-state index in [1.165, 1.54) is 11.6 Å². The van der Waals surface area contributed by atoms with Crippen molar-refractivity contribution in [2.24, 2.45) is 0 Å². The highest BCUT2D eigenvalue weighted by Crippen LogP contribution is 2.32. The molecule has 0 fully saturated rings. The second kappa shape index (κ2) is 9.94. The molecule has 0 aliphatic carbocycles. The van der Waals surface area contributed by atoms with Gasteiger partial charge in [-0.05, 0) is 70.7 Å². The molecule has 0 atom stereocenters. The Kier molecular flexibility index (Phi) is 6.98. The Morgan fingerprint density at radius 3 is 2.09 bits per heavy atom. The maximum atomic E-state index is 15.1. The fourth-order valence-electron chi connectivity index (χ4n) is 4.02. The summed E-state index contributed by atoms with van der Waals surface area (Å²) in [6.45, 7) is 0.657. The van der Waals surface area contributed by atoms with Gasteiger partial charge in [0.2, 0.25) is 0 Å². The summed E-state index contributed by atoms with van der Waals surface area (Å²) in [5.41, 5.74) is 2.69. The number of methoxy groups -OCH3 is 1. The Bertz CT molecular complexity index is 1290. The average molecular weight is 470 g/mol. The molecule has 0 aliphatic rings. The molecule has 6 heteroatoms. The number of benzene rings is 4. The molecule has 0 heterocycles. The lowest BCUT2D eigenvalue weighted by Gasteiger charge is -2.11. The molecular weight excluding hydrogens is 447 g/mol. The molecule has 1 nitrogen and oxygen atoms in total. The average Bonchev–Trinajstić information content (AvgIpc) is 2.81. The van der Waals surface area contributed by atoms with Crippen LogP contribution < -0.4 is 0 Å². The van der Waals surface area contributed by atoms with Crippen LogP contribution in [0, 0.1) is 11.6 Å². The molecule has 0 spiro atoms. The summed E-state index contributed by atoms with van der Waals surface area (Å²) in [6.07, 6.45) is -3.43. The van der Waals surface area contributed by atoms with Crippen LogP contribution in [-0.4, -0.2) is 13.7 Å². The van der Waals surface area contributed by atoms with E-state index in [-0.39, 0.29) is 18.7 Å². The van der Waals surface area contributed by atoms with Crippen LogP contribution in [0.1, 0.15) is 22.3 Å². The molecular formula is C28H23F5O. The van der Waals surface area contributed by atoms with Crippen LogP contribution in [0.4, 0.5) is 22.0 Å². The lowest BCUT2D eigenvalue weighted by Crippen LogP contribution is -2.08. The number of rotatable bonds is 7. The van der Waals surface area contributed by atoms with E-state index in [4.69, 9.17) is 4.74 Å². The van der Waals surface area contributed by atoms with E-state index in [1.807, 2.05) is 42.5 Å². The van der Waals surface area contributed by atoms with E-state index in [2.05, 4.69) is 0 Å². The van der Waals surface area contributed by atoms with E-state index in [9.17, 15) is 17.6 Å². The van der Waals surface area contributed by atoms with Crippen molar-refractivity contribution in [3.8, 4) is 11.1 Å². The molecule has 0 radical (unpaired) electrons. The summed E-state index contributed by atoms with van der Waals surface area (Å²) in [4.78, 5) is 0. The van der Waals surface area contributed by atoms with Gasteiger partial charge in [0.05, 0.1) is 12.2 Å². The topological polar surface area (TPSA) is 9.23 Å². The van der Waals surface area contributed by atoms with Crippen molar-refractivity contribution in [2.75, 3.05) is 13.7 Å². The molecule has 0 aromatic heterocycles. The SMILES string of the molecule is COCCc1ccc(-c2ccc3c(F)c(CCc4ccc(C(F)(F)F)c(F)c4)ccc3c2)cc1. The van der Waals surface area contributed by atoms with Gasteiger partial charge in [-0.25, -0.2) is 8.78 Å². The fourth-order valence-corrected chi connectivity index (χ4v) is 4.02. The largest absolute Gasteiger partial charge is 0.419 e. The van der Waals surface area contributed by atoms with Crippen LogP contribution in [-0.2, 0) is 30.2 Å². The molecule has 0 saturated carbocycles. The van der Waals surface area contributed by atoms with Gasteiger partial charge in [0, 0.05) is 12.5 Å². The second-order valence-corrected chi connectivity index (χ2v) is 8.23. The van der Waals surface area contributed by atoms with Crippen molar-refractivity contribution >= 4 is 10.8 Å². The van der Waals surface area contributed by atoms with Gasteiger partial charge < -0.3 is 4.74 Å². The first kappa shape index (κ1) is 23.9. The highest BCUT2D eigenvalue weighted by atomic mass is 19.4. The smallest absolute Gasteiger partial charge is 0.384 e. The maximum absolute atomic E-state index is 15.1. The zero-order valence-corrected chi connectivity index (χ0v) is 18.6. The van der Waals surface area contributed by atoms with E-state index in [0.717, 1.165) is 35.1 Å². The molecule has 0 N–H and O–H groups in total. The lowest BCUT2D eigenvalue weighted by molar-refractivity contribution is -0.140. The van der Waals surface area contributed by atoms with E-state index in [0.29, 0.717) is 23.1 Å². The second-order valence-electron chi connectivity index (χ2n) is 8.23. The number of alkyl halides is 3. The summed E-state index contributed by atoms with van der Waals surface area (Å²) < 4.78 is 72.3. The van der Waals surface area contributed by atoms with Gasteiger partial charge in [-0.3, -0.25) is 0 Å². The van der Waals surface area contributed by atoms with Crippen molar-refractivity contribution < 1.29 is 26.7 Å². The lowest BCUT2D eigenvalue weighted by atomic mass is 9.96. The molecule has 34 heavy (non-hydrogen) atoms. The molecule has 176 valence electrons. The van der Waals surface area contributed by atoms with Crippen LogP contribution in [0.5, 0.6) is 0 Å². The monoisotopic (exact) mass is 470 g/mol. The number of hydrogen-bond donors (Lipinski definition) is 0. The molecule has 0 aliphatic heterocycles. The fraction of sp³-hybridized carbons (Fsp3) is 0.214. The Labute approximate surface area is 194 Å². The van der Waals surface area contributed by atoms with Crippen molar-refractivity contribution in [3.05, 3.63) is 107 Å². The van der Waals surface area contributed by atoms with Crippen molar-refractivity contribution in [1.82, 2.24) is 0 Å². The molecule has 4 aromatic rings. The Hall–Kier alpha value is -3.25. The van der Waals surface area contributed by atoms with Gasteiger partial charge in [0.15, 0.2) is 0 Å². The summed E-state index contributed by atoms with van der Waals surface area (Å²) in [6, 6.07) is 20.0. The summed E-state index contributed by atoms with van der Waals surface area (Å²) in [5, 5.41) is 1.22. The summed E-state index contributed by atoms with van der Waals surface area (Å²) >= 11 is 0. The zero-order valence-electron chi connectivity index (χ0n) is 18.6. The van der Waals surface area contributed by atoms with Crippen LogP contribution in [0.2, 0.25) is 0 Å². The Morgan fingerprint density at radius 2 is 1.41 bits per heavy atom. The maximum Gasteiger partial charge on any atom is 0.419 e. The number of halogens is 5. The normalized spacial score (nSPS) is 11.8. The van der Waals surface area contributed by atoms with Crippen molar-refractivity contribution in [3.63, 3.8) is 0 Å². The molecule has 4 rings (SSSR count). The van der Waals surface area contributed by atoms with Crippen molar-refractivity contribution in [1.29, 1.82) is 0 Å². The first-order chi connectivity index (χ1) is 16.3. The van der Waals surface area contributed by atoms with E-state index < -0.39 is 17.6 Å². The number of ether oxygens (including phenoxy) is 1. The minimum absolute atomic E-state index is 0.227. The predicted molar refractivity (Wildman–Crippen MR) is 124 cm³/mol. The summed E-state index contributed by atoms with van der Waals surface area (Å²) in [7, 11) is 1.67. The Morgan fingerprint density at radius 1 is 0.706 bits per heavy atom. The van der Waals surface area contributed by atoms with Gasteiger partial charge in [-0.2, -0.15) is 13.2 Å². The van der Waals surface area contributed by atoms with Gasteiger partial charge in [0.25, 0.3) is 0 Å². The zero-order chi connectivity index (χ0) is 24.3. The standard InChI is InChI=1S/C28H23F5O/c1-34-15-14-18-2-6-20(7-3-18)22-11-12-24-23(17-22)10-9-21(27(24)30)8-4-19-5-13-25(26(29)16-19)28(31,32)33/h2-3,5-7,9-13,16-17H,4,8,14-15H2,1H3. The first-order valence-corrected chi connectivity index (χ1v) is 10.9. The quantitative estimate of drug-likeness (QED) is 0.251. The number of aryl methyl sites for hydroxylation is 2. The van der Waals surface area contributed by atoms with Gasteiger partial charge in [-0.15, -0.1) is 0 Å². The Balaban J connectivity index is 1.51. The predicted octanol–water partition coefficient (Wildman–Crippen LogP) is 7.78.